The van der Waals surface area contributed by atoms with Crippen molar-refractivity contribution >= 4 is 5.69 Å². The Morgan fingerprint density at radius 2 is 2.05 bits per heavy atom. The van der Waals surface area contributed by atoms with Crippen LogP contribution < -0.4 is 10.5 Å². The first-order valence-electron chi connectivity index (χ1n) is 6.70. The van der Waals surface area contributed by atoms with Crippen molar-refractivity contribution in [3.8, 4) is 17.7 Å². The molecule has 0 atom stereocenters. The molecular formula is C16H19N3O2. The lowest BCUT2D eigenvalue weighted by molar-refractivity contribution is 0.184. The van der Waals surface area contributed by atoms with E-state index in [9.17, 15) is 5.26 Å². The number of hydrogen-bond acceptors (Lipinski definition) is 4. The van der Waals surface area contributed by atoms with Gasteiger partial charge in [0.1, 0.15) is 17.5 Å². The predicted octanol–water partition coefficient (Wildman–Crippen LogP) is 3.00. The number of aryl methyl sites for hydroxylation is 2. The molecule has 2 aromatic rings. The number of nitrogens with zero attached hydrogens (tertiary/aromatic N) is 2. The standard InChI is InChI=1S/C16H19N3O2/c1-11-4-5-12(2)15(8-11)21-16-14(18)9-13(10-17)19(16)6-7-20-3/h4-5,8-9H,6-7,18H2,1-3H3. The van der Waals surface area contributed by atoms with Gasteiger partial charge in [0.05, 0.1) is 18.8 Å². The van der Waals surface area contributed by atoms with Crippen LogP contribution in [0.3, 0.4) is 0 Å². The van der Waals surface area contributed by atoms with E-state index in [1.807, 2.05) is 32.0 Å². The zero-order valence-corrected chi connectivity index (χ0v) is 12.5. The van der Waals surface area contributed by atoms with Crippen molar-refractivity contribution in [3.63, 3.8) is 0 Å². The Hall–Kier alpha value is -2.45. The minimum Gasteiger partial charge on any atom is -0.438 e. The molecule has 0 unspecified atom stereocenters. The van der Waals surface area contributed by atoms with Gasteiger partial charge in [-0.15, -0.1) is 0 Å². The van der Waals surface area contributed by atoms with Crippen LogP contribution in [0, 0.1) is 25.2 Å². The fourth-order valence-electron chi connectivity index (χ4n) is 2.08. The molecule has 0 aliphatic heterocycles. The number of benzene rings is 1. The molecule has 2 rings (SSSR count). The number of nitrogens with two attached hydrogens (primary N) is 1. The highest BCUT2D eigenvalue weighted by Gasteiger charge is 2.16. The summed E-state index contributed by atoms with van der Waals surface area (Å²) >= 11 is 0. The summed E-state index contributed by atoms with van der Waals surface area (Å²) in [4.78, 5) is 0. The number of methoxy groups -OCH3 is 1. The van der Waals surface area contributed by atoms with E-state index in [0.29, 0.717) is 30.4 Å². The number of hydrogen-bond donors (Lipinski definition) is 1. The van der Waals surface area contributed by atoms with Crippen molar-refractivity contribution in [3.05, 3.63) is 41.1 Å². The summed E-state index contributed by atoms with van der Waals surface area (Å²) in [5.41, 5.74) is 9.01. The van der Waals surface area contributed by atoms with Gasteiger partial charge in [0.25, 0.3) is 0 Å². The average molecular weight is 285 g/mol. The van der Waals surface area contributed by atoms with Crippen LogP contribution in [0.4, 0.5) is 5.69 Å². The van der Waals surface area contributed by atoms with Crippen LogP contribution >= 0.6 is 0 Å². The molecule has 0 aliphatic carbocycles. The molecule has 1 heterocycles. The van der Waals surface area contributed by atoms with Gasteiger partial charge in [-0.25, -0.2) is 0 Å². The molecule has 2 N–H and O–H groups in total. The Morgan fingerprint density at radius 1 is 1.29 bits per heavy atom. The molecule has 1 aromatic carbocycles. The fourth-order valence-corrected chi connectivity index (χ4v) is 2.08. The lowest BCUT2D eigenvalue weighted by Gasteiger charge is -2.14. The molecule has 0 saturated carbocycles. The van der Waals surface area contributed by atoms with E-state index < -0.39 is 0 Å². The molecule has 0 spiro atoms. The maximum atomic E-state index is 9.20. The smallest absolute Gasteiger partial charge is 0.224 e. The maximum absolute atomic E-state index is 9.20. The molecule has 1 aromatic heterocycles. The SMILES string of the molecule is COCCn1c(C#N)cc(N)c1Oc1cc(C)ccc1C. The quantitative estimate of drug-likeness (QED) is 0.916. The summed E-state index contributed by atoms with van der Waals surface area (Å²) in [6.45, 7) is 4.96. The molecule has 5 heteroatoms. The zero-order chi connectivity index (χ0) is 15.4. The molecular weight excluding hydrogens is 266 g/mol. The number of nitrogen functional groups attached to an aromatic ring is 1. The van der Waals surface area contributed by atoms with Crippen molar-refractivity contribution in [1.29, 1.82) is 5.26 Å². The van der Waals surface area contributed by atoms with Gasteiger partial charge in [0.2, 0.25) is 5.88 Å². The van der Waals surface area contributed by atoms with Crippen LogP contribution in [0.15, 0.2) is 24.3 Å². The molecule has 0 fully saturated rings. The number of aromatic nitrogens is 1. The van der Waals surface area contributed by atoms with E-state index in [1.165, 1.54) is 0 Å². The summed E-state index contributed by atoms with van der Waals surface area (Å²) in [6, 6.07) is 9.72. The second kappa shape index (κ2) is 6.33. The Balaban J connectivity index is 2.41. The van der Waals surface area contributed by atoms with Gasteiger partial charge in [0.15, 0.2) is 0 Å². The molecule has 21 heavy (non-hydrogen) atoms. The largest absolute Gasteiger partial charge is 0.438 e. The Labute approximate surface area is 124 Å². The molecule has 0 saturated heterocycles. The highest BCUT2D eigenvalue weighted by molar-refractivity contribution is 5.57. The van der Waals surface area contributed by atoms with Crippen molar-refractivity contribution in [2.45, 2.75) is 20.4 Å². The van der Waals surface area contributed by atoms with Crippen LogP contribution in [0.1, 0.15) is 16.8 Å². The number of nitriles is 1. The normalized spacial score (nSPS) is 10.4. The second-order valence-electron chi connectivity index (χ2n) is 4.92. The number of anilines is 1. The van der Waals surface area contributed by atoms with Gasteiger partial charge in [-0.1, -0.05) is 12.1 Å². The highest BCUT2D eigenvalue weighted by Crippen LogP contribution is 2.33. The van der Waals surface area contributed by atoms with Gasteiger partial charge in [-0.2, -0.15) is 5.26 Å². The first-order valence-corrected chi connectivity index (χ1v) is 6.70. The van der Waals surface area contributed by atoms with Gasteiger partial charge in [-0.3, -0.25) is 4.57 Å². The first-order chi connectivity index (χ1) is 10.1. The second-order valence-corrected chi connectivity index (χ2v) is 4.92. The third kappa shape index (κ3) is 3.18. The lowest BCUT2D eigenvalue weighted by Crippen LogP contribution is -2.08. The average Bonchev–Trinajstić information content (AvgIpc) is 2.76. The van der Waals surface area contributed by atoms with Crippen LogP contribution in [-0.4, -0.2) is 18.3 Å². The third-order valence-corrected chi connectivity index (χ3v) is 3.26. The van der Waals surface area contributed by atoms with E-state index in [4.69, 9.17) is 15.2 Å². The topological polar surface area (TPSA) is 73.2 Å². The molecule has 0 aliphatic rings. The van der Waals surface area contributed by atoms with Crippen LogP contribution in [0.25, 0.3) is 0 Å². The fraction of sp³-hybridized carbons (Fsp3) is 0.312. The molecule has 0 radical (unpaired) electrons. The molecule has 110 valence electrons. The van der Waals surface area contributed by atoms with E-state index in [0.717, 1.165) is 16.9 Å². The number of rotatable bonds is 5. The Kier molecular flexibility index (Phi) is 4.51. The van der Waals surface area contributed by atoms with Gasteiger partial charge in [0, 0.05) is 13.2 Å². The van der Waals surface area contributed by atoms with Gasteiger partial charge in [-0.05, 0) is 31.0 Å². The minimum absolute atomic E-state index is 0.448. The van der Waals surface area contributed by atoms with Crippen molar-refractivity contribution in [1.82, 2.24) is 4.57 Å². The van der Waals surface area contributed by atoms with Gasteiger partial charge < -0.3 is 15.2 Å². The predicted molar refractivity (Wildman–Crippen MR) is 81.4 cm³/mol. The monoisotopic (exact) mass is 285 g/mol. The molecule has 0 amide bonds. The van der Waals surface area contributed by atoms with E-state index in [-0.39, 0.29) is 0 Å². The van der Waals surface area contributed by atoms with Crippen LogP contribution in [0.2, 0.25) is 0 Å². The summed E-state index contributed by atoms with van der Waals surface area (Å²) in [6.07, 6.45) is 0. The van der Waals surface area contributed by atoms with E-state index in [2.05, 4.69) is 6.07 Å². The summed E-state index contributed by atoms with van der Waals surface area (Å²) < 4.78 is 12.8. The third-order valence-electron chi connectivity index (χ3n) is 3.26. The number of ether oxygens (including phenoxy) is 2. The van der Waals surface area contributed by atoms with Crippen molar-refractivity contribution in [2.24, 2.45) is 0 Å². The van der Waals surface area contributed by atoms with Gasteiger partial charge >= 0.3 is 0 Å². The maximum Gasteiger partial charge on any atom is 0.224 e. The summed E-state index contributed by atoms with van der Waals surface area (Å²) in [5.74, 6) is 1.22. The Bertz CT molecular complexity index is 684. The van der Waals surface area contributed by atoms with Crippen molar-refractivity contribution in [2.75, 3.05) is 19.5 Å². The van der Waals surface area contributed by atoms with E-state index >= 15 is 0 Å². The summed E-state index contributed by atoms with van der Waals surface area (Å²) in [7, 11) is 1.62. The minimum atomic E-state index is 0.448. The highest BCUT2D eigenvalue weighted by atomic mass is 16.5. The van der Waals surface area contributed by atoms with E-state index in [1.54, 1.807) is 17.7 Å². The Morgan fingerprint density at radius 3 is 2.71 bits per heavy atom. The zero-order valence-electron chi connectivity index (χ0n) is 12.5. The van der Waals surface area contributed by atoms with Crippen LogP contribution in [0.5, 0.6) is 11.6 Å². The first kappa shape index (κ1) is 14.9. The lowest BCUT2D eigenvalue weighted by atomic mass is 10.1. The molecule has 0 bridgehead atoms. The summed E-state index contributed by atoms with van der Waals surface area (Å²) in [5, 5.41) is 9.20. The molecule has 5 nitrogen and oxygen atoms in total. The van der Waals surface area contributed by atoms with Crippen molar-refractivity contribution < 1.29 is 9.47 Å². The van der Waals surface area contributed by atoms with Crippen LogP contribution in [-0.2, 0) is 11.3 Å².